The molecule has 55 heavy (non-hydrogen) atoms. The second kappa shape index (κ2) is 23.8. The van der Waals surface area contributed by atoms with Crippen molar-refractivity contribution in [3.8, 4) is 0 Å². The van der Waals surface area contributed by atoms with Crippen LogP contribution in [0.3, 0.4) is 0 Å². The predicted octanol–water partition coefficient (Wildman–Crippen LogP) is -7.06. The Kier molecular flexibility index (Phi) is 20.5. The number of unbranched alkanes of at least 4 members (excludes halogenated alkanes) is 1. The molecule has 0 spiro atoms. The Balaban J connectivity index is 3.09. The molecular formula is C31H52N12O12. The SMILES string of the molecule is C[C@@H](O)[C@H](NC(=O)CNC(=O)[C@@H](NC(=O)[C@@H](N)CCCCN)[C@@H](C)O)C(=O)N[C@@H](Cc1cnc[nH]1)C(=O)N[C@@H](CC(N)=O)C(=O)N[C@@H](CCC(N)=O)C(=O)O. The van der Waals surface area contributed by atoms with Gasteiger partial charge in [-0.05, 0) is 39.7 Å². The zero-order valence-electron chi connectivity index (χ0n) is 30.4. The van der Waals surface area contributed by atoms with Crippen molar-refractivity contribution in [2.75, 3.05) is 13.1 Å². The molecule has 18 N–H and O–H groups in total. The molecule has 0 aromatic carbocycles. The van der Waals surface area contributed by atoms with Crippen molar-refractivity contribution in [3.63, 3.8) is 0 Å². The number of carbonyl (C=O) groups excluding carboxylic acids is 8. The number of H-pyrrole nitrogens is 1. The zero-order chi connectivity index (χ0) is 41.8. The highest BCUT2D eigenvalue weighted by molar-refractivity contribution is 5.97. The smallest absolute Gasteiger partial charge is 0.326 e. The van der Waals surface area contributed by atoms with E-state index < -0.39 is 127 Å². The van der Waals surface area contributed by atoms with Crippen molar-refractivity contribution in [2.45, 2.75) is 107 Å². The van der Waals surface area contributed by atoms with Crippen LogP contribution in [-0.4, -0.2) is 140 Å². The summed E-state index contributed by atoms with van der Waals surface area (Å²) in [6.07, 6.45) is -0.982. The average molecular weight is 785 g/mol. The van der Waals surface area contributed by atoms with Gasteiger partial charge in [-0.3, -0.25) is 38.4 Å². The van der Waals surface area contributed by atoms with Gasteiger partial charge >= 0.3 is 5.97 Å². The molecule has 0 aliphatic heterocycles. The number of carboxylic acid groups (broad SMARTS) is 1. The zero-order valence-corrected chi connectivity index (χ0v) is 30.4. The van der Waals surface area contributed by atoms with Crippen molar-refractivity contribution in [1.29, 1.82) is 0 Å². The Bertz CT molecular complexity index is 1490. The van der Waals surface area contributed by atoms with Gasteiger partial charge in [-0.15, -0.1) is 0 Å². The molecule has 0 saturated carbocycles. The van der Waals surface area contributed by atoms with Gasteiger partial charge in [-0.1, -0.05) is 6.42 Å². The number of imidazole rings is 1. The van der Waals surface area contributed by atoms with E-state index in [-0.39, 0.29) is 18.5 Å². The highest BCUT2D eigenvalue weighted by Gasteiger charge is 2.34. The van der Waals surface area contributed by atoms with Crippen LogP contribution in [0.1, 0.15) is 58.1 Å². The third-order valence-electron chi connectivity index (χ3n) is 7.82. The molecule has 24 heteroatoms. The molecule has 0 radical (unpaired) electrons. The molecule has 0 bridgehead atoms. The lowest BCUT2D eigenvalue weighted by Crippen LogP contribution is -2.61. The second-order valence-electron chi connectivity index (χ2n) is 12.6. The quantitative estimate of drug-likeness (QED) is 0.0388. The first-order valence-electron chi connectivity index (χ1n) is 17.1. The molecule has 0 saturated heterocycles. The standard InChI is InChI=1S/C31H52N12O12/c1-14(44)24(43-26(49)17(33)5-3-4-8-32)29(52)37-12-23(48)42-25(15(2)45)30(53)41-19(9-16-11-36-13-38-16)27(50)40-20(10-22(35)47)28(51)39-18(31(54)55)6-7-21(34)46/h11,13-15,17-20,24-25,44-45H,3-10,12,32-33H2,1-2H3,(H2,34,46)(H2,35,47)(H,36,38)(H,37,52)(H,39,51)(H,40,50)(H,41,53)(H,42,48)(H,43,49)(H,54,55)/t14-,15-,17+,18+,19+,20+,24+,25+/m1/s1. The van der Waals surface area contributed by atoms with Crippen LogP contribution in [0, 0.1) is 0 Å². The Labute approximate surface area is 315 Å². The summed E-state index contributed by atoms with van der Waals surface area (Å²) in [4.78, 5) is 119. The lowest BCUT2D eigenvalue weighted by Gasteiger charge is -2.26. The number of aliphatic hydroxyl groups is 2. The van der Waals surface area contributed by atoms with Crippen molar-refractivity contribution in [2.24, 2.45) is 22.9 Å². The monoisotopic (exact) mass is 784 g/mol. The van der Waals surface area contributed by atoms with Crippen LogP contribution in [0.5, 0.6) is 0 Å². The van der Waals surface area contributed by atoms with Crippen LogP contribution in [0.4, 0.5) is 0 Å². The minimum absolute atomic E-state index is 0.267. The van der Waals surface area contributed by atoms with E-state index in [4.69, 9.17) is 22.9 Å². The topological polar surface area (TPSA) is 419 Å². The van der Waals surface area contributed by atoms with Gasteiger partial charge in [0.05, 0.1) is 37.5 Å². The number of aliphatic hydroxyl groups excluding tert-OH is 2. The number of aromatic amines is 1. The van der Waals surface area contributed by atoms with E-state index in [1.54, 1.807) is 0 Å². The maximum atomic E-state index is 13.5. The molecule has 0 unspecified atom stereocenters. The first-order valence-corrected chi connectivity index (χ1v) is 17.1. The number of carboxylic acids is 1. The number of aromatic nitrogens is 2. The number of primary amides is 2. The molecule has 1 aromatic heterocycles. The fraction of sp³-hybridized carbons (Fsp3) is 0.613. The van der Waals surface area contributed by atoms with Crippen LogP contribution in [0.15, 0.2) is 12.5 Å². The highest BCUT2D eigenvalue weighted by atomic mass is 16.4. The number of nitrogens with two attached hydrogens (primary N) is 4. The Morgan fingerprint density at radius 3 is 1.85 bits per heavy atom. The summed E-state index contributed by atoms with van der Waals surface area (Å²) in [5, 5.41) is 43.3. The van der Waals surface area contributed by atoms with E-state index in [2.05, 4.69) is 41.9 Å². The maximum Gasteiger partial charge on any atom is 0.326 e. The summed E-state index contributed by atoms with van der Waals surface area (Å²) in [5.41, 5.74) is 21.9. The van der Waals surface area contributed by atoms with E-state index in [9.17, 15) is 58.5 Å². The number of rotatable bonds is 26. The van der Waals surface area contributed by atoms with Crippen molar-refractivity contribution in [3.05, 3.63) is 18.2 Å². The molecule has 308 valence electrons. The fourth-order valence-corrected chi connectivity index (χ4v) is 4.80. The second-order valence-corrected chi connectivity index (χ2v) is 12.6. The minimum atomic E-state index is -1.76. The third kappa shape index (κ3) is 17.8. The molecule has 0 aliphatic rings. The normalized spacial score (nSPS) is 15.3. The molecule has 8 atom stereocenters. The van der Waals surface area contributed by atoms with E-state index in [0.29, 0.717) is 19.4 Å². The summed E-state index contributed by atoms with van der Waals surface area (Å²) in [7, 11) is 0. The molecule has 1 rings (SSSR count). The summed E-state index contributed by atoms with van der Waals surface area (Å²) >= 11 is 0. The van der Waals surface area contributed by atoms with Gasteiger partial charge in [0.25, 0.3) is 0 Å². The van der Waals surface area contributed by atoms with E-state index >= 15 is 0 Å². The van der Waals surface area contributed by atoms with Gasteiger partial charge in [-0.25, -0.2) is 9.78 Å². The van der Waals surface area contributed by atoms with Crippen molar-refractivity contribution >= 4 is 53.2 Å². The molecule has 0 fully saturated rings. The van der Waals surface area contributed by atoms with Crippen LogP contribution in [0.2, 0.25) is 0 Å². The molecular weight excluding hydrogens is 732 g/mol. The minimum Gasteiger partial charge on any atom is -0.480 e. The summed E-state index contributed by atoms with van der Waals surface area (Å²) in [6, 6.07) is -9.24. The average Bonchev–Trinajstić information content (AvgIpc) is 3.61. The van der Waals surface area contributed by atoms with E-state index in [0.717, 1.165) is 6.92 Å². The van der Waals surface area contributed by atoms with Crippen LogP contribution < -0.4 is 54.8 Å². The van der Waals surface area contributed by atoms with E-state index in [1.165, 1.54) is 19.4 Å². The first-order chi connectivity index (χ1) is 25.8. The van der Waals surface area contributed by atoms with Gasteiger partial charge in [0.15, 0.2) is 0 Å². The molecule has 1 aromatic rings. The fourth-order valence-electron chi connectivity index (χ4n) is 4.80. The number of hydrogen-bond donors (Lipinski definition) is 14. The summed E-state index contributed by atoms with van der Waals surface area (Å²) in [6.45, 7) is 1.95. The molecule has 0 aliphatic carbocycles. The lowest BCUT2D eigenvalue weighted by atomic mass is 10.1. The lowest BCUT2D eigenvalue weighted by molar-refractivity contribution is -0.143. The maximum absolute atomic E-state index is 13.5. The predicted molar refractivity (Wildman–Crippen MR) is 189 cm³/mol. The number of aliphatic carboxylic acids is 1. The molecule has 24 nitrogen and oxygen atoms in total. The number of nitrogens with zero attached hydrogens (tertiary/aromatic N) is 1. The largest absolute Gasteiger partial charge is 0.480 e. The molecule has 8 amide bonds. The number of hydrogen-bond acceptors (Lipinski definition) is 14. The van der Waals surface area contributed by atoms with Crippen LogP contribution >= 0.6 is 0 Å². The van der Waals surface area contributed by atoms with Gasteiger partial charge < -0.3 is 75.1 Å². The van der Waals surface area contributed by atoms with Gasteiger partial charge in [-0.2, -0.15) is 0 Å². The molecule has 1 heterocycles. The van der Waals surface area contributed by atoms with Crippen LogP contribution in [-0.2, 0) is 49.6 Å². The van der Waals surface area contributed by atoms with Gasteiger partial charge in [0.1, 0.15) is 30.2 Å². The van der Waals surface area contributed by atoms with Gasteiger partial charge in [0, 0.05) is 24.7 Å². The Hall–Kier alpha value is -5.72. The van der Waals surface area contributed by atoms with Crippen molar-refractivity contribution < 1.29 is 58.5 Å². The summed E-state index contributed by atoms with van der Waals surface area (Å²) < 4.78 is 0. The van der Waals surface area contributed by atoms with Crippen molar-refractivity contribution in [1.82, 2.24) is 41.9 Å². The number of nitrogens with one attached hydrogen (secondary N) is 7. The Morgan fingerprint density at radius 2 is 1.33 bits per heavy atom. The summed E-state index contributed by atoms with van der Waals surface area (Å²) in [5.74, 6) is -9.58. The van der Waals surface area contributed by atoms with Gasteiger partial charge in [0.2, 0.25) is 47.3 Å². The highest BCUT2D eigenvalue weighted by Crippen LogP contribution is 2.06. The number of carbonyl (C=O) groups is 9. The third-order valence-corrected chi connectivity index (χ3v) is 7.82. The van der Waals surface area contributed by atoms with E-state index in [1.807, 2.05) is 0 Å². The van der Waals surface area contributed by atoms with Crippen LogP contribution in [0.25, 0.3) is 0 Å². The number of amides is 8. The first kappa shape index (κ1) is 47.3. The Morgan fingerprint density at radius 1 is 0.745 bits per heavy atom.